The van der Waals surface area contributed by atoms with Crippen LogP contribution in [0.5, 0.6) is 0 Å². The van der Waals surface area contributed by atoms with Crippen LogP contribution >= 0.6 is 0 Å². The summed E-state index contributed by atoms with van der Waals surface area (Å²) >= 11 is 0. The SMILES string of the molecule is c1ccc2cc(N(c3ccc4ccccc4c3)c3c4ccc(C5CCCCC5)cc4c(N(c4ccc5ccccc5c4)c4ccc5ccccc5c4)c4ccc(C5CCCCC5)cc34)ccc2c1. The van der Waals surface area contributed by atoms with Gasteiger partial charge in [0.25, 0.3) is 0 Å². The fraction of sp³-hybridized carbons (Fsp3) is 0.182. The van der Waals surface area contributed by atoms with Crippen LogP contribution in [-0.2, 0) is 0 Å². The summed E-state index contributed by atoms with van der Waals surface area (Å²) in [5, 5.41) is 15.0. The molecule has 0 heterocycles. The second-order valence-electron chi connectivity index (χ2n) is 19.8. The lowest BCUT2D eigenvalue weighted by Crippen LogP contribution is -2.15. The first-order valence-corrected chi connectivity index (χ1v) is 25.3. The Morgan fingerprint density at radius 2 is 0.544 bits per heavy atom. The van der Waals surface area contributed by atoms with Crippen molar-refractivity contribution >= 4 is 98.8 Å². The van der Waals surface area contributed by atoms with E-state index in [1.807, 2.05) is 0 Å². The van der Waals surface area contributed by atoms with Crippen LogP contribution < -0.4 is 9.80 Å². The predicted octanol–water partition coefficient (Wildman–Crippen LogP) is 19.6. The maximum atomic E-state index is 2.62. The van der Waals surface area contributed by atoms with E-state index in [9.17, 15) is 0 Å². The Bertz CT molecular complexity index is 3280. The van der Waals surface area contributed by atoms with Crippen LogP contribution in [0.15, 0.2) is 206 Å². The Labute approximate surface area is 400 Å². The number of benzene rings is 11. The Morgan fingerprint density at radius 3 is 0.853 bits per heavy atom. The Kier molecular flexibility index (Phi) is 10.4. The van der Waals surface area contributed by atoms with Crippen LogP contribution in [0.3, 0.4) is 0 Å². The zero-order chi connectivity index (χ0) is 45.0. The van der Waals surface area contributed by atoms with Crippen LogP contribution in [0.2, 0.25) is 0 Å². The van der Waals surface area contributed by atoms with E-state index >= 15 is 0 Å². The van der Waals surface area contributed by atoms with Gasteiger partial charge in [0.05, 0.1) is 11.4 Å². The summed E-state index contributed by atoms with van der Waals surface area (Å²) in [6, 6.07) is 78.8. The van der Waals surface area contributed by atoms with Crippen molar-refractivity contribution in [3.05, 3.63) is 217 Å². The first-order valence-electron chi connectivity index (χ1n) is 25.3. The lowest BCUT2D eigenvalue weighted by Gasteiger charge is -2.34. The Balaban J connectivity index is 1.18. The zero-order valence-electron chi connectivity index (χ0n) is 38.8. The molecule has 68 heavy (non-hydrogen) atoms. The van der Waals surface area contributed by atoms with Gasteiger partial charge in [0.2, 0.25) is 0 Å². The molecule has 13 rings (SSSR count). The van der Waals surface area contributed by atoms with E-state index < -0.39 is 0 Å². The topological polar surface area (TPSA) is 6.48 Å². The highest BCUT2D eigenvalue weighted by Crippen LogP contribution is 2.53. The second-order valence-corrected chi connectivity index (χ2v) is 19.8. The van der Waals surface area contributed by atoms with Gasteiger partial charge < -0.3 is 9.80 Å². The van der Waals surface area contributed by atoms with E-state index in [1.165, 1.54) is 151 Å². The third-order valence-electron chi connectivity index (χ3n) is 15.7. The molecule has 0 spiro atoms. The van der Waals surface area contributed by atoms with Gasteiger partial charge in [-0.15, -0.1) is 0 Å². The van der Waals surface area contributed by atoms with Crippen LogP contribution in [0, 0.1) is 0 Å². The van der Waals surface area contributed by atoms with Crippen molar-refractivity contribution in [2.45, 2.75) is 76.0 Å². The maximum absolute atomic E-state index is 2.62. The third-order valence-corrected chi connectivity index (χ3v) is 15.7. The summed E-state index contributed by atoms with van der Waals surface area (Å²) in [6.07, 6.45) is 12.8. The number of rotatable bonds is 8. The minimum Gasteiger partial charge on any atom is -0.309 e. The van der Waals surface area contributed by atoms with E-state index in [4.69, 9.17) is 0 Å². The largest absolute Gasteiger partial charge is 0.309 e. The minimum atomic E-state index is 0.542. The molecule has 0 N–H and O–H groups in total. The van der Waals surface area contributed by atoms with E-state index in [1.54, 1.807) is 0 Å². The van der Waals surface area contributed by atoms with Gasteiger partial charge in [0.1, 0.15) is 0 Å². The fourth-order valence-corrected chi connectivity index (χ4v) is 12.2. The highest BCUT2D eigenvalue weighted by Gasteiger charge is 2.29. The van der Waals surface area contributed by atoms with Crippen LogP contribution in [-0.4, -0.2) is 0 Å². The molecule has 2 saturated carbocycles. The lowest BCUT2D eigenvalue weighted by atomic mass is 9.81. The molecular weight excluding hydrogens is 821 g/mol. The highest BCUT2D eigenvalue weighted by atomic mass is 15.2. The predicted molar refractivity (Wildman–Crippen MR) is 292 cm³/mol. The van der Waals surface area contributed by atoms with Gasteiger partial charge in [-0.05, 0) is 152 Å². The smallest absolute Gasteiger partial charge is 0.0620 e. The molecule has 11 aromatic rings. The summed E-state index contributed by atoms with van der Waals surface area (Å²) < 4.78 is 0. The molecule has 0 radical (unpaired) electrons. The van der Waals surface area contributed by atoms with Gasteiger partial charge >= 0.3 is 0 Å². The molecule has 0 atom stereocenters. The van der Waals surface area contributed by atoms with Crippen molar-refractivity contribution < 1.29 is 0 Å². The fourth-order valence-electron chi connectivity index (χ4n) is 12.2. The van der Waals surface area contributed by atoms with Crippen molar-refractivity contribution in [3.63, 3.8) is 0 Å². The number of hydrogen-bond donors (Lipinski definition) is 0. The number of hydrogen-bond acceptors (Lipinski definition) is 2. The van der Waals surface area contributed by atoms with Crippen LogP contribution in [0.25, 0.3) is 64.6 Å². The van der Waals surface area contributed by atoms with Gasteiger partial charge in [0.15, 0.2) is 0 Å². The molecule has 2 heteroatoms. The first kappa shape index (κ1) is 40.8. The molecule has 0 saturated heterocycles. The standard InChI is InChI=1S/C66H56N2/c1-3-15-45(16-4-1)55-31-37-61-63(43-55)65(67(57-33-27-47-19-7-11-23-51(47)39-57)58-34-28-48-20-8-12-24-52(48)40-58)62-38-32-56(46-17-5-2-6-18-46)44-64(62)66(61)68(59-35-29-49-21-9-13-25-53(49)41-59)60-36-30-50-22-10-14-26-54(50)42-60/h7-14,19-46H,1-6,15-18H2. The Hall–Kier alpha value is -7.42. The zero-order valence-corrected chi connectivity index (χ0v) is 38.8. The molecule has 0 aliphatic heterocycles. The molecule has 0 unspecified atom stereocenters. The van der Waals surface area contributed by atoms with Crippen molar-refractivity contribution in [2.24, 2.45) is 0 Å². The molecular formula is C66H56N2. The molecule has 0 amide bonds. The average Bonchev–Trinajstić information content (AvgIpc) is 3.41. The molecule has 2 fully saturated rings. The van der Waals surface area contributed by atoms with Crippen molar-refractivity contribution in [3.8, 4) is 0 Å². The highest BCUT2D eigenvalue weighted by molar-refractivity contribution is 6.24. The summed E-state index contributed by atoms with van der Waals surface area (Å²) in [5.41, 5.74) is 10.1. The molecule has 0 aromatic heterocycles. The lowest BCUT2D eigenvalue weighted by molar-refractivity contribution is 0.444. The minimum absolute atomic E-state index is 0.542. The van der Waals surface area contributed by atoms with Gasteiger partial charge in [-0.2, -0.15) is 0 Å². The van der Waals surface area contributed by atoms with Crippen molar-refractivity contribution in [1.82, 2.24) is 0 Å². The third kappa shape index (κ3) is 7.35. The van der Waals surface area contributed by atoms with Crippen LogP contribution in [0.4, 0.5) is 34.1 Å². The van der Waals surface area contributed by atoms with Gasteiger partial charge in [-0.3, -0.25) is 0 Å². The molecule has 11 aromatic carbocycles. The van der Waals surface area contributed by atoms with E-state index in [0.717, 1.165) is 22.7 Å². The number of nitrogens with zero attached hydrogens (tertiary/aromatic N) is 2. The molecule has 2 aliphatic rings. The van der Waals surface area contributed by atoms with E-state index in [0.29, 0.717) is 11.8 Å². The van der Waals surface area contributed by atoms with Gasteiger partial charge in [0, 0.05) is 44.3 Å². The molecule has 2 nitrogen and oxygen atoms in total. The summed E-state index contributed by atoms with van der Waals surface area (Å²) in [5.74, 6) is 1.08. The number of anilines is 6. The summed E-state index contributed by atoms with van der Waals surface area (Å²) in [6.45, 7) is 0. The van der Waals surface area contributed by atoms with Crippen molar-refractivity contribution in [2.75, 3.05) is 9.80 Å². The summed E-state index contributed by atoms with van der Waals surface area (Å²) in [7, 11) is 0. The monoisotopic (exact) mass is 876 g/mol. The second kappa shape index (κ2) is 17.3. The van der Waals surface area contributed by atoms with Gasteiger partial charge in [-0.25, -0.2) is 0 Å². The first-order chi connectivity index (χ1) is 33.7. The molecule has 0 bridgehead atoms. The summed E-state index contributed by atoms with van der Waals surface area (Å²) in [4.78, 5) is 5.21. The Morgan fingerprint density at radius 1 is 0.250 bits per heavy atom. The average molecular weight is 877 g/mol. The van der Waals surface area contributed by atoms with E-state index in [2.05, 4.69) is 216 Å². The van der Waals surface area contributed by atoms with Crippen LogP contribution in [0.1, 0.15) is 87.2 Å². The van der Waals surface area contributed by atoms with Crippen molar-refractivity contribution in [1.29, 1.82) is 0 Å². The normalized spacial score (nSPS) is 14.9. The van der Waals surface area contributed by atoms with E-state index in [-0.39, 0.29) is 0 Å². The molecule has 2 aliphatic carbocycles. The number of fused-ring (bicyclic) bond motifs is 6. The molecule has 330 valence electrons. The van der Waals surface area contributed by atoms with Gasteiger partial charge in [-0.1, -0.05) is 184 Å². The maximum Gasteiger partial charge on any atom is 0.0620 e. The quantitative estimate of drug-likeness (QED) is 0.111.